The lowest BCUT2D eigenvalue weighted by Gasteiger charge is -2.20. The van der Waals surface area contributed by atoms with Gasteiger partial charge in [-0.05, 0) is 77.0 Å². The molecule has 0 aliphatic carbocycles. The van der Waals surface area contributed by atoms with Crippen LogP contribution in [0.15, 0.2) is 97.2 Å². The molecule has 318 valence electrons. The minimum Gasteiger partial charge on any atom is -0.462 e. The first-order valence-electron chi connectivity index (χ1n) is 20.3. The maximum atomic E-state index is 12.6. The molecule has 12 heteroatoms. The molecule has 11 nitrogen and oxygen atoms in total. The van der Waals surface area contributed by atoms with Gasteiger partial charge in [0.1, 0.15) is 12.7 Å². The third kappa shape index (κ3) is 37.8. The van der Waals surface area contributed by atoms with E-state index < -0.39 is 64.5 Å². The highest BCUT2D eigenvalue weighted by molar-refractivity contribution is 7.47. The second kappa shape index (κ2) is 38.7. The Kier molecular flexibility index (Phi) is 36.5. The molecule has 0 bridgehead atoms. The van der Waals surface area contributed by atoms with Crippen LogP contribution in [0.5, 0.6) is 0 Å². The highest BCUT2D eigenvalue weighted by Gasteiger charge is 2.27. The first kappa shape index (κ1) is 52.9. The number of ether oxygens (including phenoxy) is 2. The van der Waals surface area contributed by atoms with Gasteiger partial charge in [0, 0.05) is 12.8 Å². The fourth-order valence-electron chi connectivity index (χ4n) is 4.74. The molecule has 0 amide bonds. The molecule has 0 spiro atoms. The van der Waals surface area contributed by atoms with E-state index in [1.807, 2.05) is 12.2 Å². The third-order valence-corrected chi connectivity index (χ3v) is 8.79. The van der Waals surface area contributed by atoms with Crippen LogP contribution < -0.4 is 0 Å². The zero-order valence-corrected chi connectivity index (χ0v) is 34.8. The molecule has 0 aromatic rings. The highest BCUT2D eigenvalue weighted by Crippen LogP contribution is 2.43. The summed E-state index contributed by atoms with van der Waals surface area (Å²) < 4.78 is 32.5. The summed E-state index contributed by atoms with van der Waals surface area (Å²) in [5, 5.41) is 28.6. The van der Waals surface area contributed by atoms with Gasteiger partial charge in [-0.1, -0.05) is 130 Å². The molecule has 0 aliphatic rings. The summed E-state index contributed by atoms with van der Waals surface area (Å²) in [6.07, 6.45) is 42.6. The number of phosphoric acid groups is 1. The van der Waals surface area contributed by atoms with Crippen LogP contribution >= 0.6 is 7.82 Å². The van der Waals surface area contributed by atoms with Crippen LogP contribution in [-0.2, 0) is 32.7 Å². The summed E-state index contributed by atoms with van der Waals surface area (Å²) in [6.45, 7) is 1.87. The van der Waals surface area contributed by atoms with E-state index in [-0.39, 0.29) is 12.8 Å². The van der Waals surface area contributed by atoms with Crippen LogP contribution in [-0.4, -0.2) is 76.9 Å². The van der Waals surface area contributed by atoms with E-state index in [1.54, 1.807) is 12.2 Å². The van der Waals surface area contributed by atoms with Gasteiger partial charge in [-0.25, -0.2) is 4.57 Å². The minimum atomic E-state index is -4.68. The van der Waals surface area contributed by atoms with Gasteiger partial charge >= 0.3 is 19.8 Å². The summed E-state index contributed by atoms with van der Waals surface area (Å²) in [7, 11) is -4.68. The van der Waals surface area contributed by atoms with Crippen LogP contribution in [0.4, 0.5) is 0 Å². The minimum absolute atomic E-state index is 0.0565. The standard InChI is InChI=1S/C44H71O11P/c1-3-5-7-9-11-13-15-17-18-20-22-24-26-28-30-34-43(48)52-38-42(39-54-56(50,51)53-37-41(47)36-45)55-44(49)35-31-33-40(46)32-29-27-25-23-21-19-16-14-12-10-8-6-4-2/h5-8,11-14,17-19,21,25,27,29,32,40-42,45-47H,3-4,9-10,15-16,20,22-24,26,28,30-31,33-39H2,1-2H3,(H,50,51)/b7-5-,8-6-,13-11-,14-12-,18-17-,21-19-,27-25-,32-29+/t40?,41-,42+/m0/s1. The molecule has 0 saturated heterocycles. The Labute approximate surface area is 336 Å². The fraction of sp³-hybridized carbons (Fsp3) is 0.591. The monoisotopic (exact) mass is 806 g/mol. The highest BCUT2D eigenvalue weighted by atomic mass is 31.2. The van der Waals surface area contributed by atoms with Crippen molar-refractivity contribution in [2.45, 2.75) is 141 Å². The number of aliphatic hydroxyl groups excluding tert-OH is 3. The van der Waals surface area contributed by atoms with Crippen molar-refractivity contribution in [2.75, 3.05) is 26.4 Å². The number of hydrogen-bond acceptors (Lipinski definition) is 10. The molecule has 0 aromatic carbocycles. The lowest BCUT2D eigenvalue weighted by Crippen LogP contribution is -2.30. The molecule has 0 saturated carbocycles. The average molecular weight is 807 g/mol. The van der Waals surface area contributed by atoms with Crippen LogP contribution in [0.1, 0.15) is 123 Å². The van der Waals surface area contributed by atoms with Crippen LogP contribution in [0.2, 0.25) is 0 Å². The third-order valence-electron chi connectivity index (χ3n) is 7.84. The normalized spacial score (nSPS) is 15.5. The van der Waals surface area contributed by atoms with Crippen molar-refractivity contribution in [3.05, 3.63) is 97.2 Å². The number of aliphatic hydroxyl groups is 3. The summed E-state index contributed by atoms with van der Waals surface area (Å²) in [4.78, 5) is 34.9. The zero-order valence-electron chi connectivity index (χ0n) is 33.9. The van der Waals surface area contributed by atoms with Gasteiger partial charge in [-0.3, -0.25) is 18.6 Å². The second-order valence-electron chi connectivity index (χ2n) is 13.1. The topological polar surface area (TPSA) is 169 Å². The molecule has 2 unspecified atom stereocenters. The van der Waals surface area contributed by atoms with E-state index in [2.05, 4.69) is 91.3 Å². The summed E-state index contributed by atoms with van der Waals surface area (Å²) in [5.74, 6) is -1.16. The molecule has 0 rings (SSSR count). The van der Waals surface area contributed by atoms with E-state index in [9.17, 15) is 29.3 Å². The van der Waals surface area contributed by atoms with E-state index in [0.29, 0.717) is 19.3 Å². The number of hydrogen-bond donors (Lipinski definition) is 4. The van der Waals surface area contributed by atoms with Gasteiger partial charge in [0.15, 0.2) is 6.10 Å². The maximum Gasteiger partial charge on any atom is 0.472 e. The summed E-state index contributed by atoms with van der Waals surface area (Å²) >= 11 is 0. The fourth-order valence-corrected chi connectivity index (χ4v) is 5.53. The van der Waals surface area contributed by atoms with Crippen molar-refractivity contribution in [3.63, 3.8) is 0 Å². The smallest absolute Gasteiger partial charge is 0.462 e. The molecule has 0 aromatic heterocycles. The van der Waals surface area contributed by atoms with Crippen molar-refractivity contribution in [1.82, 2.24) is 0 Å². The van der Waals surface area contributed by atoms with Gasteiger partial charge in [-0.2, -0.15) is 0 Å². The van der Waals surface area contributed by atoms with E-state index in [0.717, 1.165) is 77.0 Å². The number of phosphoric ester groups is 1. The SMILES string of the molecule is CC/C=C\C/C=C\C/C=C\C/C=C\C=C\C(O)CCCC(=O)O[C@H](COC(=O)CCCCCCC/C=C\C/C=C\C/C=C\CC)COP(=O)(O)OC[C@@H](O)CO. The number of esters is 2. The molecule has 0 aliphatic heterocycles. The van der Waals surface area contributed by atoms with Gasteiger partial charge in [-0.15, -0.1) is 0 Å². The molecule has 0 heterocycles. The van der Waals surface area contributed by atoms with Crippen LogP contribution in [0, 0.1) is 0 Å². The Morgan fingerprint density at radius 1 is 0.607 bits per heavy atom. The Hall–Kier alpha value is -3.15. The number of carbonyl (C=O) groups excluding carboxylic acids is 2. The van der Waals surface area contributed by atoms with E-state index in [4.69, 9.17) is 19.1 Å². The molecule has 0 radical (unpaired) electrons. The van der Waals surface area contributed by atoms with Gasteiger partial charge in [0.25, 0.3) is 0 Å². The van der Waals surface area contributed by atoms with Crippen molar-refractivity contribution >= 4 is 19.8 Å². The maximum absolute atomic E-state index is 12.6. The Balaban J connectivity index is 4.59. The first-order valence-corrected chi connectivity index (χ1v) is 21.8. The Morgan fingerprint density at radius 3 is 1.73 bits per heavy atom. The predicted octanol–water partition coefficient (Wildman–Crippen LogP) is 9.41. The molecule has 4 atom stereocenters. The van der Waals surface area contributed by atoms with Gasteiger partial charge in [0.2, 0.25) is 0 Å². The molecular weight excluding hydrogens is 735 g/mol. The quantitative estimate of drug-likeness (QED) is 0.0156. The number of carbonyl (C=O) groups is 2. The Bertz CT molecular complexity index is 1270. The first-order chi connectivity index (χ1) is 27.1. The van der Waals surface area contributed by atoms with E-state index in [1.165, 1.54) is 0 Å². The summed E-state index contributed by atoms with van der Waals surface area (Å²) in [6, 6.07) is 0. The zero-order chi connectivity index (χ0) is 41.4. The van der Waals surface area contributed by atoms with Crippen LogP contribution in [0.25, 0.3) is 0 Å². The largest absolute Gasteiger partial charge is 0.472 e. The van der Waals surface area contributed by atoms with Crippen LogP contribution in [0.3, 0.4) is 0 Å². The molecular formula is C44H71O11P. The number of rotatable bonds is 36. The average Bonchev–Trinajstić information content (AvgIpc) is 3.18. The lowest BCUT2D eigenvalue weighted by molar-refractivity contribution is -0.161. The van der Waals surface area contributed by atoms with Gasteiger partial charge < -0.3 is 29.7 Å². The summed E-state index contributed by atoms with van der Waals surface area (Å²) in [5.41, 5.74) is 0. The van der Waals surface area contributed by atoms with Crippen molar-refractivity contribution in [3.8, 4) is 0 Å². The molecule has 4 N–H and O–H groups in total. The molecule has 56 heavy (non-hydrogen) atoms. The lowest BCUT2D eigenvalue weighted by atomic mass is 10.1. The second-order valence-corrected chi connectivity index (χ2v) is 14.5. The number of allylic oxidation sites excluding steroid dienone is 15. The number of unbranched alkanes of at least 4 members (excludes halogenated alkanes) is 5. The Morgan fingerprint density at radius 2 is 1.12 bits per heavy atom. The van der Waals surface area contributed by atoms with Crippen molar-refractivity contribution < 1.29 is 52.9 Å². The molecule has 0 fully saturated rings. The predicted molar refractivity (Wildman–Crippen MR) is 225 cm³/mol. The van der Waals surface area contributed by atoms with Crippen molar-refractivity contribution in [2.24, 2.45) is 0 Å². The van der Waals surface area contributed by atoms with E-state index >= 15 is 0 Å². The van der Waals surface area contributed by atoms with Crippen molar-refractivity contribution in [1.29, 1.82) is 0 Å². The van der Waals surface area contributed by atoms with Gasteiger partial charge in [0.05, 0.1) is 25.9 Å².